The first-order valence-electron chi connectivity index (χ1n) is 4.94. The van der Waals surface area contributed by atoms with Gasteiger partial charge in [-0.3, -0.25) is 0 Å². The molecular formula is C12H10Br2ClN. The lowest BCUT2D eigenvalue weighted by atomic mass is 10.0. The zero-order valence-corrected chi connectivity index (χ0v) is 12.8. The van der Waals surface area contributed by atoms with E-state index in [4.69, 9.17) is 11.6 Å². The van der Waals surface area contributed by atoms with Gasteiger partial charge in [-0.25, -0.2) is 4.98 Å². The first-order valence-corrected chi connectivity index (χ1v) is 6.90. The average molecular weight is 363 g/mol. The van der Waals surface area contributed by atoms with Crippen LogP contribution in [0.25, 0.3) is 10.9 Å². The van der Waals surface area contributed by atoms with Crippen molar-refractivity contribution in [3.63, 3.8) is 0 Å². The number of nitrogens with zero attached hydrogens (tertiary/aromatic N) is 1. The Hall–Kier alpha value is -0.120. The van der Waals surface area contributed by atoms with E-state index in [1.165, 1.54) is 0 Å². The zero-order valence-electron chi connectivity index (χ0n) is 8.89. The lowest BCUT2D eigenvalue weighted by Gasteiger charge is -2.10. The molecule has 0 amide bonds. The van der Waals surface area contributed by atoms with Crippen molar-refractivity contribution in [3.8, 4) is 0 Å². The molecule has 1 nitrogen and oxygen atoms in total. The van der Waals surface area contributed by atoms with Gasteiger partial charge in [0.15, 0.2) is 0 Å². The smallest absolute Gasteiger partial charge is 0.133 e. The molecule has 0 radical (unpaired) electrons. The summed E-state index contributed by atoms with van der Waals surface area (Å²) in [6, 6.07) is 6.13. The van der Waals surface area contributed by atoms with Crippen LogP contribution in [-0.4, -0.2) is 4.98 Å². The van der Waals surface area contributed by atoms with Crippen molar-refractivity contribution < 1.29 is 0 Å². The fourth-order valence-electron chi connectivity index (χ4n) is 1.61. The lowest BCUT2D eigenvalue weighted by Crippen LogP contribution is -1.93. The molecule has 1 heterocycles. The molecule has 2 rings (SSSR count). The molecule has 0 aliphatic rings. The van der Waals surface area contributed by atoms with Gasteiger partial charge in [-0.15, -0.1) is 0 Å². The number of pyridine rings is 1. The van der Waals surface area contributed by atoms with Gasteiger partial charge in [0.2, 0.25) is 0 Å². The predicted octanol–water partition coefficient (Wildman–Crippen LogP) is 5.54. The van der Waals surface area contributed by atoms with Crippen LogP contribution in [0.1, 0.15) is 25.3 Å². The van der Waals surface area contributed by atoms with Gasteiger partial charge in [0, 0.05) is 14.3 Å². The summed E-state index contributed by atoms with van der Waals surface area (Å²) in [5.74, 6) is 0.377. The van der Waals surface area contributed by atoms with Crippen LogP contribution in [0.4, 0.5) is 0 Å². The maximum atomic E-state index is 6.17. The molecule has 0 N–H and O–H groups in total. The zero-order chi connectivity index (χ0) is 11.9. The molecule has 0 saturated carbocycles. The van der Waals surface area contributed by atoms with Gasteiger partial charge >= 0.3 is 0 Å². The Kier molecular flexibility index (Phi) is 3.57. The summed E-state index contributed by atoms with van der Waals surface area (Å²) in [4.78, 5) is 4.44. The van der Waals surface area contributed by atoms with Gasteiger partial charge < -0.3 is 0 Å². The van der Waals surface area contributed by atoms with Crippen LogP contribution in [-0.2, 0) is 0 Å². The quantitative estimate of drug-likeness (QED) is 0.607. The maximum Gasteiger partial charge on any atom is 0.133 e. The van der Waals surface area contributed by atoms with Crippen LogP contribution in [0.2, 0.25) is 5.15 Å². The fraction of sp³-hybridized carbons (Fsp3) is 0.250. The topological polar surface area (TPSA) is 12.9 Å². The van der Waals surface area contributed by atoms with Gasteiger partial charge in [-0.1, -0.05) is 41.4 Å². The van der Waals surface area contributed by atoms with E-state index >= 15 is 0 Å². The summed E-state index contributed by atoms with van der Waals surface area (Å²) in [7, 11) is 0. The second kappa shape index (κ2) is 4.63. The minimum Gasteiger partial charge on any atom is -0.235 e. The Morgan fingerprint density at radius 1 is 1.19 bits per heavy atom. The Morgan fingerprint density at radius 3 is 2.50 bits per heavy atom. The number of aromatic nitrogens is 1. The molecule has 1 aromatic heterocycles. The third-order valence-electron chi connectivity index (χ3n) is 2.44. The van der Waals surface area contributed by atoms with Crippen molar-refractivity contribution in [2.24, 2.45) is 0 Å². The highest BCUT2D eigenvalue weighted by Crippen LogP contribution is 2.32. The summed E-state index contributed by atoms with van der Waals surface area (Å²) in [5, 5.41) is 1.68. The fourth-order valence-corrected chi connectivity index (χ4v) is 3.31. The third-order valence-corrected chi connectivity index (χ3v) is 3.80. The monoisotopic (exact) mass is 361 g/mol. The largest absolute Gasteiger partial charge is 0.235 e. The summed E-state index contributed by atoms with van der Waals surface area (Å²) < 4.78 is 1.99. The van der Waals surface area contributed by atoms with Crippen molar-refractivity contribution in [1.82, 2.24) is 4.98 Å². The summed E-state index contributed by atoms with van der Waals surface area (Å²) >= 11 is 13.1. The standard InChI is InChI=1S/C12H10Br2ClN/c1-6(2)9-4-7-3-8(13)5-10(14)11(7)16-12(9)15/h3-6H,1-2H3. The Labute approximate surface area is 116 Å². The van der Waals surface area contributed by atoms with Crippen LogP contribution in [0.5, 0.6) is 0 Å². The van der Waals surface area contributed by atoms with Gasteiger partial charge in [0.25, 0.3) is 0 Å². The predicted molar refractivity (Wildman–Crippen MR) is 76.2 cm³/mol. The van der Waals surface area contributed by atoms with E-state index in [1.54, 1.807) is 0 Å². The van der Waals surface area contributed by atoms with E-state index in [0.29, 0.717) is 11.1 Å². The first-order chi connectivity index (χ1) is 7.49. The van der Waals surface area contributed by atoms with Crippen molar-refractivity contribution in [2.75, 3.05) is 0 Å². The Bertz CT molecular complexity index is 552. The molecule has 0 unspecified atom stereocenters. The highest BCUT2D eigenvalue weighted by atomic mass is 79.9. The number of hydrogen-bond donors (Lipinski definition) is 0. The van der Waals surface area contributed by atoms with Crippen molar-refractivity contribution in [1.29, 1.82) is 0 Å². The van der Waals surface area contributed by atoms with E-state index in [9.17, 15) is 0 Å². The van der Waals surface area contributed by atoms with E-state index in [0.717, 1.165) is 25.4 Å². The van der Waals surface area contributed by atoms with E-state index in [-0.39, 0.29) is 0 Å². The SMILES string of the molecule is CC(C)c1cc2cc(Br)cc(Br)c2nc1Cl. The number of benzene rings is 1. The average Bonchev–Trinajstić information content (AvgIpc) is 2.18. The van der Waals surface area contributed by atoms with Crippen LogP contribution in [0.3, 0.4) is 0 Å². The van der Waals surface area contributed by atoms with E-state index in [1.807, 2.05) is 6.07 Å². The van der Waals surface area contributed by atoms with Gasteiger partial charge in [0.05, 0.1) is 5.52 Å². The van der Waals surface area contributed by atoms with Crippen molar-refractivity contribution >= 4 is 54.4 Å². The second-order valence-corrected chi connectivity index (χ2v) is 6.11. The third kappa shape index (κ3) is 2.27. The van der Waals surface area contributed by atoms with Gasteiger partial charge in [-0.05, 0) is 45.6 Å². The molecule has 0 saturated heterocycles. The molecule has 0 spiro atoms. The molecule has 0 atom stereocenters. The normalized spacial score (nSPS) is 11.4. The van der Waals surface area contributed by atoms with Gasteiger partial charge in [-0.2, -0.15) is 0 Å². The van der Waals surface area contributed by atoms with Gasteiger partial charge in [0.1, 0.15) is 5.15 Å². The second-order valence-electron chi connectivity index (χ2n) is 3.98. The molecule has 0 fully saturated rings. The van der Waals surface area contributed by atoms with E-state index in [2.05, 4.69) is 62.8 Å². The molecule has 0 bridgehead atoms. The van der Waals surface area contributed by atoms with Crippen LogP contribution < -0.4 is 0 Å². The highest BCUT2D eigenvalue weighted by molar-refractivity contribution is 9.11. The summed E-state index contributed by atoms with van der Waals surface area (Å²) in [5.41, 5.74) is 1.98. The van der Waals surface area contributed by atoms with Crippen LogP contribution in [0.15, 0.2) is 27.1 Å². The number of halogens is 3. The number of fused-ring (bicyclic) bond motifs is 1. The Balaban J connectivity index is 2.79. The lowest BCUT2D eigenvalue weighted by molar-refractivity contribution is 0.862. The number of rotatable bonds is 1. The van der Waals surface area contributed by atoms with E-state index < -0.39 is 0 Å². The molecule has 4 heteroatoms. The summed E-state index contributed by atoms with van der Waals surface area (Å²) in [6.07, 6.45) is 0. The molecule has 2 aromatic rings. The van der Waals surface area contributed by atoms with Crippen molar-refractivity contribution in [2.45, 2.75) is 19.8 Å². The Morgan fingerprint density at radius 2 is 1.88 bits per heavy atom. The highest BCUT2D eigenvalue weighted by Gasteiger charge is 2.10. The molecule has 0 aliphatic heterocycles. The first kappa shape index (κ1) is 12.3. The molecular weight excluding hydrogens is 353 g/mol. The molecule has 84 valence electrons. The number of hydrogen-bond acceptors (Lipinski definition) is 1. The summed E-state index contributed by atoms with van der Waals surface area (Å²) in [6.45, 7) is 4.23. The van der Waals surface area contributed by atoms with Crippen LogP contribution in [0, 0.1) is 0 Å². The minimum absolute atomic E-state index is 0.377. The molecule has 1 aromatic carbocycles. The molecule has 0 aliphatic carbocycles. The van der Waals surface area contributed by atoms with Crippen LogP contribution >= 0.6 is 43.5 Å². The van der Waals surface area contributed by atoms with Crippen molar-refractivity contribution in [3.05, 3.63) is 37.9 Å². The maximum absolute atomic E-state index is 6.17. The minimum atomic E-state index is 0.377. The molecule has 16 heavy (non-hydrogen) atoms.